The van der Waals surface area contributed by atoms with Crippen LogP contribution in [0.3, 0.4) is 0 Å². The fourth-order valence-electron chi connectivity index (χ4n) is 3.11. The molecule has 1 aliphatic rings. The molecular formula is C18H17Cl3N2O2S. The van der Waals surface area contributed by atoms with E-state index in [4.69, 9.17) is 34.8 Å². The summed E-state index contributed by atoms with van der Waals surface area (Å²) in [6.07, 6.45) is 2.31. The number of rotatable bonds is 6. The highest BCUT2D eigenvalue weighted by atomic mass is 35.5. The fraction of sp³-hybridized carbons (Fsp3) is 0.333. The summed E-state index contributed by atoms with van der Waals surface area (Å²) in [7, 11) is 0. The Morgan fingerprint density at radius 3 is 2.62 bits per heavy atom. The van der Waals surface area contributed by atoms with Gasteiger partial charge in [0.2, 0.25) is 5.91 Å². The van der Waals surface area contributed by atoms with Gasteiger partial charge in [0.15, 0.2) is 5.78 Å². The van der Waals surface area contributed by atoms with Crippen molar-refractivity contribution in [1.29, 1.82) is 0 Å². The standard InChI is InChI=1S/C18H17Cl3N2O2S/c19-11-7-13(20)18(14(21)8-11)22-17(25)10-23-5-1-3-12(23)9-15(24)16-4-2-6-26-16/h2,4,6-8,12H,1,3,5,9-10H2,(H,22,25). The van der Waals surface area contributed by atoms with Crippen LogP contribution in [0.25, 0.3) is 0 Å². The minimum absolute atomic E-state index is 0.0755. The van der Waals surface area contributed by atoms with Gasteiger partial charge in [0.25, 0.3) is 0 Å². The number of nitrogens with zero attached hydrogens (tertiary/aromatic N) is 1. The van der Waals surface area contributed by atoms with E-state index in [2.05, 4.69) is 5.32 Å². The van der Waals surface area contributed by atoms with Crippen molar-refractivity contribution in [1.82, 2.24) is 4.90 Å². The van der Waals surface area contributed by atoms with Crippen molar-refractivity contribution in [2.24, 2.45) is 0 Å². The summed E-state index contributed by atoms with van der Waals surface area (Å²) in [6.45, 7) is 0.982. The molecular weight excluding hydrogens is 415 g/mol. The maximum Gasteiger partial charge on any atom is 0.238 e. The van der Waals surface area contributed by atoms with Crippen LogP contribution in [0.1, 0.15) is 28.9 Å². The summed E-state index contributed by atoms with van der Waals surface area (Å²) >= 11 is 19.6. The van der Waals surface area contributed by atoms with Crippen molar-refractivity contribution in [3.05, 3.63) is 49.6 Å². The van der Waals surface area contributed by atoms with Crippen molar-refractivity contribution < 1.29 is 9.59 Å². The maximum absolute atomic E-state index is 12.4. The van der Waals surface area contributed by atoms with Crippen LogP contribution < -0.4 is 5.32 Å². The number of carbonyl (C=O) groups is 2. The topological polar surface area (TPSA) is 49.4 Å². The third-order valence-corrected chi connectivity index (χ3v) is 6.06. The number of likely N-dealkylation sites (tertiary alicyclic amines) is 1. The molecule has 1 fully saturated rings. The highest BCUT2D eigenvalue weighted by Crippen LogP contribution is 2.33. The zero-order valence-corrected chi connectivity index (χ0v) is 16.9. The van der Waals surface area contributed by atoms with Crippen LogP contribution in [0.2, 0.25) is 15.1 Å². The lowest BCUT2D eigenvalue weighted by Crippen LogP contribution is -2.37. The molecule has 1 unspecified atom stereocenters. The molecule has 0 bridgehead atoms. The first-order valence-electron chi connectivity index (χ1n) is 8.19. The third kappa shape index (κ3) is 4.78. The SMILES string of the molecule is O=C(CN1CCCC1CC(=O)c1cccs1)Nc1c(Cl)cc(Cl)cc1Cl. The third-order valence-electron chi connectivity index (χ3n) is 4.33. The minimum Gasteiger partial charge on any atom is -0.322 e. The number of amides is 1. The highest BCUT2D eigenvalue weighted by molar-refractivity contribution is 7.12. The molecule has 8 heteroatoms. The largest absolute Gasteiger partial charge is 0.322 e. The number of nitrogens with one attached hydrogen (secondary N) is 1. The van der Waals surface area contributed by atoms with Gasteiger partial charge in [-0.1, -0.05) is 40.9 Å². The first-order valence-corrected chi connectivity index (χ1v) is 10.2. The fourth-order valence-corrected chi connectivity index (χ4v) is 4.70. The number of hydrogen-bond acceptors (Lipinski definition) is 4. The lowest BCUT2D eigenvalue weighted by molar-refractivity contribution is -0.117. The Morgan fingerprint density at radius 1 is 1.23 bits per heavy atom. The van der Waals surface area contributed by atoms with E-state index in [1.54, 1.807) is 0 Å². The van der Waals surface area contributed by atoms with E-state index in [9.17, 15) is 9.59 Å². The van der Waals surface area contributed by atoms with Gasteiger partial charge in [-0.2, -0.15) is 0 Å². The molecule has 1 N–H and O–H groups in total. The van der Waals surface area contributed by atoms with Gasteiger partial charge >= 0.3 is 0 Å². The lowest BCUT2D eigenvalue weighted by atomic mass is 10.1. The Kier molecular flexibility index (Phi) is 6.59. The molecule has 1 atom stereocenters. The van der Waals surface area contributed by atoms with E-state index in [0.717, 1.165) is 24.3 Å². The molecule has 2 aromatic rings. The second kappa shape index (κ2) is 8.72. The van der Waals surface area contributed by atoms with Gasteiger partial charge in [0.05, 0.1) is 27.2 Å². The molecule has 1 saturated heterocycles. The summed E-state index contributed by atoms with van der Waals surface area (Å²) in [4.78, 5) is 27.6. The molecule has 1 amide bonds. The molecule has 2 heterocycles. The van der Waals surface area contributed by atoms with Crippen molar-refractivity contribution in [3.8, 4) is 0 Å². The zero-order valence-electron chi connectivity index (χ0n) is 13.8. The molecule has 3 rings (SSSR count). The van der Waals surface area contributed by atoms with Gasteiger partial charge < -0.3 is 5.32 Å². The van der Waals surface area contributed by atoms with Crippen LogP contribution in [-0.2, 0) is 4.79 Å². The number of carbonyl (C=O) groups excluding carboxylic acids is 2. The van der Waals surface area contributed by atoms with Gasteiger partial charge in [-0.3, -0.25) is 14.5 Å². The van der Waals surface area contributed by atoms with Crippen molar-refractivity contribution in [2.75, 3.05) is 18.4 Å². The summed E-state index contributed by atoms with van der Waals surface area (Å²) in [5.41, 5.74) is 0.355. The molecule has 0 saturated carbocycles. The molecule has 26 heavy (non-hydrogen) atoms. The van der Waals surface area contributed by atoms with Gasteiger partial charge in [0.1, 0.15) is 0 Å². The number of Topliss-reactive ketones (excluding diaryl/α,β-unsaturated/α-hetero) is 1. The Bertz CT molecular complexity index is 788. The molecule has 4 nitrogen and oxygen atoms in total. The summed E-state index contributed by atoms with van der Waals surface area (Å²) in [5.74, 6) is -0.0901. The van der Waals surface area contributed by atoms with E-state index < -0.39 is 0 Å². The Hall–Kier alpha value is -1.11. The molecule has 1 aliphatic heterocycles. The van der Waals surface area contributed by atoms with Gasteiger partial charge in [-0.25, -0.2) is 0 Å². The highest BCUT2D eigenvalue weighted by Gasteiger charge is 2.29. The Morgan fingerprint density at radius 2 is 1.96 bits per heavy atom. The van der Waals surface area contributed by atoms with Gasteiger partial charge in [0, 0.05) is 17.5 Å². The minimum atomic E-state index is -0.216. The number of halogens is 3. The van der Waals surface area contributed by atoms with Crippen LogP contribution in [0.15, 0.2) is 29.6 Å². The van der Waals surface area contributed by atoms with Crippen LogP contribution in [-0.4, -0.2) is 35.7 Å². The lowest BCUT2D eigenvalue weighted by Gasteiger charge is -2.23. The first-order chi connectivity index (χ1) is 12.4. The zero-order chi connectivity index (χ0) is 18.7. The molecule has 0 spiro atoms. The van der Waals surface area contributed by atoms with Crippen LogP contribution in [0.4, 0.5) is 5.69 Å². The average Bonchev–Trinajstić information content (AvgIpc) is 3.23. The number of anilines is 1. The quantitative estimate of drug-likeness (QED) is 0.624. The van der Waals surface area contributed by atoms with Crippen molar-refractivity contribution in [2.45, 2.75) is 25.3 Å². The van der Waals surface area contributed by atoms with Crippen LogP contribution in [0, 0.1) is 0 Å². The monoisotopic (exact) mass is 430 g/mol. The van der Waals surface area contributed by atoms with E-state index in [1.807, 2.05) is 22.4 Å². The van der Waals surface area contributed by atoms with Crippen molar-refractivity contribution >= 4 is 63.5 Å². The normalized spacial score (nSPS) is 17.4. The molecule has 138 valence electrons. The summed E-state index contributed by atoms with van der Waals surface area (Å²) < 4.78 is 0. The maximum atomic E-state index is 12.4. The van der Waals surface area contributed by atoms with E-state index in [1.165, 1.54) is 23.5 Å². The molecule has 0 radical (unpaired) electrons. The molecule has 0 aliphatic carbocycles. The smallest absolute Gasteiger partial charge is 0.238 e. The van der Waals surface area contributed by atoms with Crippen molar-refractivity contribution in [3.63, 3.8) is 0 Å². The first kappa shape index (κ1) is 19.6. The van der Waals surface area contributed by atoms with E-state index in [0.29, 0.717) is 27.2 Å². The molecule has 1 aromatic heterocycles. The predicted molar refractivity (Wildman–Crippen MR) is 108 cm³/mol. The molecule has 1 aromatic carbocycles. The summed E-state index contributed by atoms with van der Waals surface area (Å²) in [6, 6.07) is 6.85. The number of benzene rings is 1. The van der Waals surface area contributed by atoms with Crippen LogP contribution in [0.5, 0.6) is 0 Å². The van der Waals surface area contributed by atoms with Gasteiger partial charge in [-0.15, -0.1) is 11.3 Å². The average molecular weight is 432 g/mol. The Labute approximate surface area is 171 Å². The number of hydrogen-bond donors (Lipinski definition) is 1. The van der Waals surface area contributed by atoms with E-state index >= 15 is 0 Å². The summed E-state index contributed by atoms with van der Waals surface area (Å²) in [5, 5.41) is 5.64. The Balaban J connectivity index is 1.61. The second-order valence-corrected chi connectivity index (χ2v) is 8.36. The van der Waals surface area contributed by atoms with E-state index in [-0.39, 0.29) is 24.3 Å². The second-order valence-electron chi connectivity index (χ2n) is 6.16. The van der Waals surface area contributed by atoms with Gasteiger partial charge in [-0.05, 0) is 43.0 Å². The predicted octanol–water partition coefficient (Wildman–Crippen LogP) is 5.38. The number of ketones is 1. The van der Waals surface area contributed by atoms with Crippen LogP contribution >= 0.6 is 46.1 Å². The number of thiophene rings is 1.